The van der Waals surface area contributed by atoms with Gasteiger partial charge in [-0.15, -0.1) is 0 Å². The van der Waals surface area contributed by atoms with E-state index in [1.165, 1.54) is 51.7 Å². The number of hydrogen-bond acceptors (Lipinski definition) is 5. The van der Waals surface area contributed by atoms with Gasteiger partial charge in [0.05, 0.1) is 16.5 Å². The minimum absolute atomic E-state index is 0.0178. The number of carbonyl (C=O) groups is 2. The van der Waals surface area contributed by atoms with Crippen molar-refractivity contribution in [3.05, 3.63) is 54.3 Å². The van der Waals surface area contributed by atoms with E-state index in [9.17, 15) is 22.4 Å². The van der Waals surface area contributed by atoms with E-state index in [1.54, 1.807) is 6.07 Å². The molecule has 0 aliphatic carbocycles. The first-order chi connectivity index (χ1) is 15.3. The van der Waals surface area contributed by atoms with Crippen molar-refractivity contribution in [1.82, 2.24) is 9.21 Å². The van der Waals surface area contributed by atoms with E-state index in [2.05, 4.69) is 10.2 Å². The molecule has 8 nitrogen and oxygen atoms in total. The van der Waals surface area contributed by atoms with Gasteiger partial charge in [0, 0.05) is 44.8 Å². The predicted octanol–water partition coefficient (Wildman–Crippen LogP) is 1.75. The predicted molar refractivity (Wildman–Crippen MR) is 118 cm³/mol. The van der Waals surface area contributed by atoms with Crippen molar-refractivity contribution in [2.24, 2.45) is 5.92 Å². The van der Waals surface area contributed by atoms with E-state index in [1.807, 2.05) is 7.05 Å². The summed E-state index contributed by atoms with van der Waals surface area (Å²) in [6, 6.07) is 12.0. The first-order valence-electron chi connectivity index (χ1n) is 10.4. The lowest BCUT2D eigenvalue weighted by molar-refractivity contribution is -0.122. The van der Waals surface area contributed by atoms with Gasteiger partial charge in [-0.05, 0) is 43.4 Å². The van der Waals surface area contributed by atoms with Crippen molar-refractivity contribution in [3.63, 3.8) is 0 Å². The van der Waals surface area contributed by atoms with Crippen LogP contribution in [0, 0.1) is 11.7 Å². The van der Waals surface area contributed by atoms with Crippen LogP contribution in [-0.2, 0) is 19.6 Å². The zero-order valence-electron chi connectivity index (χ0n) is 17.7. The zero-order valence-corrected chi connectivity index (χ0v) is 18.5. The fourth-order valence-electron chi connectivity index (χ4n) is 3.92. The minimum Gasteiger partial charge on any atom is -0.326 e. The topological polar surface area (TPSA) is 90.0 Å². The van der Waals surface area contributed by atoms with Crippen molar-refractivity contribution >= 4 is 33.2 Å². The van der Waals surface area contributed by atoms with E-state index >= 15 is 0 Å². The average molecular weight is 461 g/mol. The number of benzene rings is 2. The molecule has 2 amide bonds. The molecule has 0 bridgehead atoms. The molecule has 1 unspecified atom stereocenters. The molecule has 2 aliphatic heterocycles. The number of sulfonamides is 1. The molecule has 0 spiro atoms. The third-order valence-corrected chi connectivity index (χ3v) is 7.77. The summed E-state index contributed by atoms with van der Waals surface area (Å²) in [4.78, 5) is 28.5. The molecule has 0 aromatic heterocycles. The quantitative estimate of drug-likeness (QED) is 0.734. The number of halogens is 1. The highest BCUT2D eigenvalue weighted by molar-refractivity contribution is 7.89. The van der Waals surface area contributed by atoms with E-state index in [0.29, 0.717) is 31.9 Å². The largest absolute Gasteiger partial charge is 0.326 e. The molecule has 4 rings (SSSR count). The summed E-state index contributed by atoms with van der Waals surface area (Å²) < 4.78 is 41.1. The third-order valence-electron chi connectivity index (χ3n) is 5.86. The molecule has 2 saturated heterocycles. The van der Waals surface area contributed by atoms with E-state index < -0.39 is 21.8 Å². The van der Waals surface area contributed by atoms with Crippen LogP contribution >= 0.6 is 0 Å². The number of nitrogens with one attached hydrogen (secondary N) is 1. The van der Waals surface area contributed by atoms with Crippen LogP contribution in [0.15, 0.2) is 53.4 Å². The highest BCUT2D eigenvalue weighted by atomic mass is 32.2. The Morgan fingerprint density at radius 3 is 2.34 bits per heavy atom. The second kappa shape index (κ2) is 8.97. The van der Waals surface area contributed by atoms with Gasteiger partial charge in [-0.1, -0.05) is 12.1 Å². The highest BCUT2D eigenvalue weighted by Crippen LogP contribution is 2.28. The van der Waals surface area contributed by atoms with Crippen LogP contribution in [-0.4, -0.2) is 69.2 Å². The molecule has 0 saturated carbocycles. The summed E-state index contributed by atoms with van der Waals surface area (Å²) in [5, 5.41) is 2.73. The Bertz CT molecular complexity index is 1120. The average Bonchev–Trinajstić information content (AvgIpc) is 3.16. The van der Waals surface area contributed by atoms with E-state index in [0.717, 1.165) is 0 Å². The van der Waals surface area contributed by atoms with Crippen LogP contribution in [0.4, 0.5) is 15.8 Å². The Balaban J connectivity index is 1.40. The molecule has 2 aromatic rings. The first-order valence-corrected chi connectivity index (χ1v) is 11.8. The number of hydrogen-bond donors (Lipinski definition) is 1. The molecule has 2 heterocycles. The maximum atomic E-state index is 14.0. The Hall–Kier alpha value is -2.82. The Labute approximate surface area is 186 Å². The van der Waals surface area contributed by atoms with Crippen LogP contribution in [0.2, 0.25) is 0 Å². The van der Waals surface area contributed by atoms with Gasteiger partial charge in [0.25, 0.3) is 0 Å². The number of amides is 2. The molecule has 2 aliphatic rings. The summed E-state index contributed by atoms with van der Waals surface area (Å²) in [6.45, 7) is 2.31. The van der Waals surface area contributed by atoms with Crippen LogP contribution in [0.3, 0.4) is 0 Å². The number of piperazine rings is 1. The lowest BCUT2D eigenvalue weighted by Crippen LogP contribution is -2.46. The fourth-order valence-corrected chi connectivity index (χ4v) is 5.34. The van der Waals surface area contributed by atoms with Crippen molar-refractivity contribution < 1.29 is 22.4 Å². The number of anilines is 2. The summed E-state index contributed by atoms with van der Waals surface area (Å²) in [6.07, 6.45) is -0.0178. The fraction of sp³-hybridized carbons (Fsp3) is 0.364. The van der Waals surface area contributed by atoms with Crippen molar-refractivity contribution in [1.29, 1.82) is 0 Å². The Morgan fingerprint density at radius 2 is 1.69 bits per heavy atom. The van der Waals surface area contributed by atoms with Gasteiger partial charge in [-0.25, -0.2) is 12.8 Å². The maximum absolute atomic E-state index is 14.0. The first kappa shape index (κ1) is 22.4. The molecule has 10 heteroatoms. The molecular formula is C22H25FN4O4S. The third kappa shape index (κ3) is 4.52. The van der Waals surface area contributed by atoms with E-state index in [-0.39, 0.29) is 35.4 Å². The van der Waals surface area contributed by atoms with Crippen molar-refractivity contribution in [3.8, 4) is 0 Å². The minimum atomic E-state index is -3.59. The number of carbonyl (C=O) groups excluding carboxylic acids is 2. The molecule has 170 valence electrons. The Kier molecular flexibility index (Phi) is 6.27. The lowest BCUT2D eigenvalue weighted by atomic mass is 10.1. The number of nitrogens with zero attached hydrogens (tertiary/aromatic N) is 3. The van der Waals surface area contributed by atoms with Gasteiger partial charge in [0.1, 0.15) is 5.82 Å². The highest BCUT2D eigenvalue weighted by Gasteiger charge is 2.36. The van der Waals surface area contributed by atoms with Crippen LogP contribution < -0.4 is 10.2 Å². The van der Waals surface area contributed by atoms with Gasteiger partial charge >= 0.3 is 0 Å². The van der Waals surface area contributed by atoms with Crippen LogP contribution in [0.5, 0.6) is 0 Å². The van der Waals surface area contributed by atoms with Gasteiger partial charge in [-0.2, -0.15) is 4.31 Å². The van der Waals surface area contributed by atoms with Gasteiger partial charge in [0.15, 0.2) is 0 Å². The van der Waals surface area contributed by atoms with Crippen LogP contribution in [0.1, 0.15) is 6.42 Å². The summed E-state index contributed by atoms with van der Waals surface area (Å²) in [5.41, 5.74) is 0.593. The zero-order chi connectivity index (χ0) is 22.9. The smallest absolute Gasteiger partial charge is 0.243 e. The monoisotopic (exact) mass is 460 g/mol. The second-order valence-corrected chi connectivity index (χ2v) is 10.0. The molecular weight excluding hydrogens is 435 g/mol. The standard InChI is InChI=1S/C22H25FN4O4S/c1-25-10-12-26(13-11-25)32(30,31)18-8-6-17(7-9-18)24-22(29)16-14-21(28)27(15-16)20-5-3-2-4-19(20)23/h2-9,16H,10-15H2,1H3,(H,24,29). The molecule has 1 N–H and O–H groups in total. The van der Waals surface area contributed by atoms with E-state index in [4.69, 9.17) is 0 Å². The summed E-state index contributed by atoms with van der Waals surface area (Å²) in [7, 11) is -1.64. The van der Waals surface area contributed by atoms with Gasteiger partial charge in [0.2, 0.25) is 21.8 Å². The maximum Gasteiger partial charge on any atom is 0.243 e. The number of para-hydroxylation sites is 1. The van der Waals surface area contributed by atoms with Crippen molar-refractivity contribution in [2.75, 3.05) is 50.0 Å². The summed E-state index contributed by atoms with van der Waals surface area (Å²) in [5.74, 6) is -1.83. The normalized spacial score (nSPS) is 20.5. The Morgan fingerprint density at radius 1 is 1.03 bits per heavy atom. The molecule has 2 aromatic carbocycles. The number of likely N-dealkylation sites (N-methyl/N-ethyl adjacent to an activating group) is 1. The van der Waals surface area contributed by atoms with Crippen molar-refractivity contribution in [2.45, 2.75) is 11.3 Å². The summed E-state index contributed by atoms with van der Waals surface area (Å²) >= 11 is 0. The van der Waals surface area contributed by atoms with Gasteiger partial charge in [-0.3, -0.25) is 9.59 Å². The molecule has 32 heavy (non-hydrogen) atoms. The van der Waals surface area contributed by atoms with Crippen LogP contribution in [0.25, 0.3) is 0 Å². The molecule has 1 atom stereocenters. The molecule has 0 radical (unpaired) electrons. The number of rotatable bonds is 5. The molecule has 2 fully saturated rings. The SMILES string of the molecule is CN1CCN(S(=O)(=O)c2ccc(NC(=O)C3CC(=O)N(c4ccccc4F)C3)cc2)CC1. The second-order valence-electron chi connectivity index (χ2n) is 8.08. The lowest BCUT2D eigenvalue weighted by Gasteiger charge is -2.31. The van der Waals surface area contributed by atoms with Gasteiger partial charge < -0.3 is 15.1 Å².